The maximum atomic E-state index is 11.3. The van der Waals surface area contributed by atoms with E-state index in [-0.39, 0.29) is 23.8 Å². The molecule has 15 heavy (non-hydrogen) atoms. The molecule has 1 aliphatic rings. The molecule has 0 aromatic rings. The highest BCUT2D eigenvalue weighted by Crippen LogP contribution is 2.19. The van der Waals surface area contributed by atoms with Gasteiger partial charge in [-0.2, -0.15) is 0 Å². The Kier molecular flexibility index (Phi) is 4.08. The molecule has 0 aliphatic carbocycles. The van der Waals surface area contributed by atoms with Gasteiger partial charge in [0.05, 0.1) is 19.1 Å². The predicted molar refractivity (Wildman–Crippen MR) is 55.0 cm³/mol. The van der Waals surface area contributed by atoms with Gasteiger partial charge in [-0.1, -0.05) is 0 Å². The molecule has 1 amide bonds. The standard InChI is InChI=1S/C10H18N2O3/c1-7(9(11)13)12-5-3-4-8(6-12)10(14)15-2/h7-8H,3-6H2,1-2H3,(H2,11,13)/t7?,8-/m0/s1. The van der Waals surface area contributed by atoms with Gasteiger partial charge in [0, 0.05) is 6.54 Å². The summed E-state index contributed by atoms with van der Waals surface area (Å²) in [6, 6.07) is -0.308. The lowest BCUT2D eigenvalue weighted by Crippen LogP contribution is -2.48. The summed E-state index contributed by atoms with van der Waals surface area (Å²) in [4.78, 5) is 24.3. The van der Waals surface area contributed by atoms with E-state index in [1.54, 1.807) is 6.92 Å². The van der Waals surface area contributed by atoms with Crippen molar-refractivity contribution in [3.05, 3.63) is 0 Å². The summed E-state index contributed by atoms with van der Waals surface area (Å²) in [7, 11) is 1.39. The molecule has 86 valence electrons. The molecule has 0 bridgehead atoms. The van der Waals surface area contributed by atoms with Crippen molar-refractivity contribution in [2.24, 2.45) is 11.7 Å². The van der Waals surface area contributed by atoms with Gasteiger partial charge in [-0.3, -0.25) is 14.5 Å². The molecule has 1 unspecified atom stereocenters. The van der Waals surface area contributed by atoms with Gasteiger partial charge < -0.3 is 10.5 Å². The molecule has 2 N–H and O–H groups in total. The minimum Gasteiger partial charge on any atom is -0.469 e. The second-order valence-electron chi connectivity index (χ2n) is 3.94. The fraction of sp³-hybridized carbons (Fsp3) is 0.800. The lowest BCUT2D eigenvalue weighted by molar-refractivity contribution is -0.148. The van der Waals surface area contributed by atoms with Crippen molar-refractivity contribution in [2.75, 3.05) is 20.2 Å². The lowest BCUT2D eigenvalue weighted by atomic mass is 9.97. The Morgan fingerprint density at radius 3 is 2.73 bits per heavy atom. The Bertz CT molecular complexity index is 255. The smallest absolute Gasteiger partial charge is 0.309 e. The van der Waals surface area contributed by atoms with Gasteiger partial charge in [0.25, 0.3) is 0 Å². The summed E-state index contributed by atoms with van der Waals surface area (Å²) in [5.74, 6) is -0.664. The summed E-state index contributed by atoms with van der Waals surface area (Å²) < 4.78 is 4.70. The van der Waals surface area contributed by atoms with E-state index in [0.29, 0.717) is 6.54 Å². The quantitative estimate of drug-likeness (QED) is 0.657. The van der Waals surface area contributed by atoms with Crippen LogP contribution in [0, 0.1) is 5.92 Å². The van der Waals surface area contributed by atoms with Crippen LogP contribution in [0.25, 0.3) is 0 Å². The first kappa shape index (κ1) is 12.0. The molecule has 1 saturated heterocycles. The van der Waals surface area contributed by atoms with Crippen LogP contribution in [0.4, 0.5) is 0 Å². The van der Waals surface area contributed by atoms with E-state index in [0.717, 1.165) is 19.4 Å². The molecule has 1 rings (SSSR count). The Hall–Kier alpha value is -1.10. The van der Waals surface area contributed by atoms with Crippen molar-refractivity contribution >= 4 is 11.9 Å². The fourth-order valence-corrected chi connectivity index (χ4v) is 1.90. The number of hydrogen-bond acceptors (Lipinski definition) is 4. The van der Waals surface area contributed by atoms with Crippen LogP contribution in [0.1, 0.15) is 19.8 Å². The minimum atomic E-state index is -0.347. The number of rotatable bonds is 3. The topological polar surface area (TPSA) is 72.6 Å². The van der Waals surface area contributed by atoms with Gasteiger partial charge in [-0.15, -0.1) is 0 Å². The molecular weight excluding hydrogens is 196 g/mol. The molecule has 5 heteroatoms. The van der Waals surface area contributed by atoms with Crippen molar-refractivity contribution in [3.63, 3.8) is 0 Å². The molecule has 1 fully saturated rings. The van der Waals surface area contributed by atoms with Crippen LogP contribution < -0.4 is 5.73 Å². The van der Waals surface area contributed by atoms with Gasteiger partial charge in [0.15, 0.2) is 0 Å². The third kappa shape index (κ3) is 2.92. The summed E-state index contributed by atoms with van der Waals surface area (Å²) in [6.45, 7) is 3.15. The largest absolute Gasteiger partial charge is 0.469 e. The lowest BCUT2D eigenvalue weighted by Gasteiger charge is -2.34. The second-order valence-corrected chi connectivity index (χ2v) is 3.94. The molecule has 5 nitrogen and oxygen atoms in total. The maximum absolute atomic E-state index is 11.3. The van der Waals surface area contributed by atoms with E-state index in [1.165, 1.54) is 7.11 Å². The molecule has 2 atom stereocenters. The number of carbonyl (C=O) groups excluding carboxylic acids is 2. The number of amides is 1. The van der Waals surface area contributed by atoms with E-state index in [9.17, 15) is 9.59 Å². The van der Waals surface area contributed by atoms with E-state index < -0.39 is 0 Å². The van der Waals surface area contributed by atoms with Gasteiger partial charge in [0.2, 0.25) is 5.91 Å². The number of piperidine rings is 1. The Balaban J connectivity index is 2.56. The number of nitrogens with zero attached hydrogens (tertiary/aromatic N) is 1. The number of likely N-dealkylation sites (tertiary alicyclic amines) is 1. The molecule has 1 aliphatic heterocycles. The number of esters is 1. The average Bonchev–Trinajstić information content (AvgIpc) is 2.27. The van der Waals surface area contributed by atoms with Crippen LogP contribution in [0.2, 0.25) is 0 Å². The first-order valence-electron chi connectivity index (χ1n) is 5.17. The zero-order valence-electron chi connectivity index (χ0n) is 9.23. The predicted octanol–water partition coefficient (Wildman–Crippen LogP) is -0.255. The normalized spacial score (nSPS) is 24.5. The number of ether oxygens (including phenoxy) is 1. The SMILES string of the molecule is COC(=O)[C@H]1CCCN(C(C)C(N)=O)C1. The Labute approximate surface area is 89.6 Å². The zero-order chi connectivity index (χ0) is 11.4. The number of methoxy groups -OCH3 is 1. The van der Waals surface area contributed by atoms with Crippen LogP contribution in [0.3, 0.4) is 0 Å². The van der Waals surface area contributed by atoms with Crippen LogP contribution in [0.5, 0.6) is 0 Å². The first-order valence-corrected chi connectivity index (χ1v) is 5.17. The number of hydrogen-bond donors (Lipinski definition) is 1. The second kappa shape index (κ2) is 5.11. The molecule has 0 spiro atoms. The van der Waals surface area contributed by atoms with E-state index in [4.69, 9.17) is 10.5 Å². The molecular formula is C10H18N2O3. The van der Waals surface area contributed by atoms with Gasteiger partial charge in [-0.05, 0) is 26.3 Å². The van der Waals surface area contributed by atoms with Crippen molar-refractivity contribution in [1.29, 1.82) is 0 Å². The number of nitrogens with two attached hydrogens (primary N) is 1. The molecule has 0 aromatic carbocycles. The first-order chi connectivity index (χ1) is 7.06. The average molecular weight is 214 g/mol. The van der Waals surface area contributed by atoms with Crippen LogP contribution >= 0.6 is 0 Å². The highest BCUT2D eigenvalue weighted by atomic mass is 16.5. The van der Waals surface area contributed by atoms with Crippen LogP contribution in [-0.4, -0.2) is 43.0 Å². The summed E-state index contributed by atoms with van der Waals surface area (Å²) in [5, 5.41) is 0. The van der Waals surface area contributed by atoms with Crippen LogP contribution in [-0.2, 0) is 14.3 Å². The van der Waals surface area contributed by atoms with E-state index in [1.807, 2.05) is 4.90 Å². The molecule has 0 aromatic heterocycles. The highest BCUT2D eigenvalue weighted by Gasteiger charge is 2.30. The maximum Gasteiger partial charge on any atom is 0.309 e. The Morgan fingerprint density at radius 1 is 1.53 bits per heavy atom. The van der Waals surface area contributed by atoms with Crippen molar-refractivity contribution in [3.8, 4) is 0 Å². The van der Waals surface area contributed by atoms with Gasteiger partial charge >= 0.3 is 5.97 Å². The van der Waals surface area contributed by atoms with E-state index >= 15 is 0 Å². The highest BCUT2D eigenvalue weighted by molar-refractivity contribution is 5.79. The minimum absolute atomic E-state index is 0.120. The summed E-state index contributed by atoms with van der Waals surface area (Å²) >= 11 is 0. The summed E-state index contributed by atoms with van der Waals surface area (Å²) in [5.41, 5.74) is 5.22. The van der Waals surface area contributed by atoms with Gasteiger partial charge in [-0.25, -0.2) is 0 Å². The monoisotopic (exact) mass is 214 g/mol. The van der Waals surface area contributed by atoms with Crippen molar-refractivity contribution in [2.45, 2.75) is 25.8 Å². The number of carbonyl (C=O) groups is 2. The fourth-order valence-electron chi connectivity index (χ4n) is 1.90. The van der Waals surface area contributed by atoms with Crippen LogP contribution in [0.15, 0.2) is 0 Å². The third-order valence-electron chi connectivity index (χ3n) is 2.95. The Morgan fingerprint density at radius 2 is 2.20 bits per heavy atom. The molecule has 0 radical (unpaired) electrons. The zero-order valence-corrected chi connectivity index (χ0v) is 9.23. The summed E-state index contributed by atoms with van der Waals surface area (Å²) in [6.07, 6.45) is 1.73. The third-order valence-corrected chi connectivity index (χ3v) is 2.95. The molecule has 0 saturated carbocycles. The van der Waals surface area contributed by atoms with Crippen molar-refractivity contribution in [1.82, 2.24) is 4.90 Å². The van der Waals surface area contributed by atoms with Gasteiger partial charge in [0.1, 0.15) is 0 Å². The number of primary amides is 1. The molecule has 1 heterocycles. The van der Waals surface area contributed by atoms with E-state index in [2.05, 4.69) is 0 Å². The van der Waals surface area contributed by atoms with Crippen molar-refractivity contribution < 1.29 is 14.3 Å².